The monoisotopic (exact) mass is 316 g/mol. The zero-order valence-corrected chi connectivity index (χ0v) is 14.1. The second-order valence-electron chi connectivity index (χ2n) is 6.34. The van der Waals surface area contributed by atoms with Crippen molar-refractivity contribution in [1.29, 1.82) is 0 Å². The van der Waals surface area contributed by atoms with E-state index in [-0.39, 0.29) is 11.4 Å². The van der Waals surface area contributed by atoms with E-state index in [1.165, 1.54) is 5.56 Å². The highest BCUT2D eigenvalue weighted by Gasteiger charge is 2.16. The van der Waals surface area contributed by atoms with Crippen LogP contribution in [0.5, 0.6) is 0 Å². The van der Waals surface area contributed by atoms with Crippen LogP contribution in [0, 0.1) is 6.92 Å². The topological polar surface area (TPSA) is 41.1 Å². The molecule has 0 fully saturated rings. The Hall–Kier alpha value is -2.00. The van der Waals surface area contributed by atoms with Gasteiger partial charge in [-0.15, -0.1) is 0 Å². The van der Waals surface area contributed by atoms with Crippen LogP contribution in [-0.4, -0.2) is 6.03 Å². The number of hydrogen-bond donors (Lipinski definition) is 2. The van der Waals surface area contributed by atoms with Crippen LogP contribution >= 0.6 is 11.6 Å². The van der Waals surface area contributed by atoms with Crippen molar-refractivity contribution in [3.8, 4) is 0 Å². The summed E-state index contributed by atoms with van der Waals surface area (Å²) in [5.41, 5.74) is 3.86. The number of carbonyl (C=O) groups excluding carboxylic acids is 1. The summed E-state index contributed by atoms with van der Waals surface area (Å²) >= 11 is 6.02. The van der Waals surface area contributed by atoms with Crippen LogP contribution in [0.25, 0.3) is 0 Å². The Labute approximate surface area is 136 Å². The number of urea groups is 1. The van der Waals surface area contributed by atoms with Crippen LogP contribution in [0.2, 0.25) is 5.02 Å². The SMILES string of the molecule is Cc1cc(NC(=O)Nc2ccccc2Cl)ccc1C(C)(C)C. The molecule has 2 aromatic rings. The quantitative estimate of drug-likeness (QED) is 0.745. The molecule has 2 rings (SSSR count). The number of halogens is 1. The van der Waals surface area contributed by atoms with Crippen molar-refractivity contribution in [1.82, 2.24) is 0 Å². The van der Waals surface area contributed by atoms with Crippen LogP contribution < -0.4 is 10.6 Å². The Balaban J connectivity index is 2.10. The summed E-state index contributed by atoms with van der Waals surface area (Å²) in [4.78, 5) is 12.0. The molecule has 2 amide bonds. The van der Waals surface area contributed by atoms with E-state index < -0.39 is 0 Å². The first kappa shape index (κ1) is 16.4. The van der Waals surface area contributed by atoms with Gasteiger partial charge in [-0.1, -0.05) is 50.6 Å². The number of rotatable bonds is 2. The Bertz CT molecular complexity index is 690. The van der Waals surface area contributed by atoms with Crippen molar-refractivity contribution < 1.29 is 4.79 Å². The van der Waals surface area contributed by atoms with Crippen LogP contribution in [0.15, 0.2) is 42.5 Å². The van der Waals surface area contributed by atoms with Crippen molar-refractivity contribution in [2.24, 2.45) is 0 Å². The van der Waals surface area contributed by atoms with E-state index in [1.54, 1.807) is 12.1 Å². The van der Waals surface area contributed by atoms with E-state index in [0.717, 1.165) is 11.3 Å². The molecule has 0 atom stereocenters. The molecule has 0 aromatic heterocycles. The molecule has 0 radical (unpaired) electrons. The summed E-state index contributed by atoms with van der Waals surface area (Å²) in [5.74, 6) is 0. The molecule has 0 unspecified atom stereocenters. The van der Waals surface area contributed by atoms with Gasteiger partial charge in [0.2, 0.25) is 0 Å². The maximum absolute atomic E-state index is 12.0. The van der Waals surface area contributed by atoms with Crippen LogP contribution in [0.4, 0.5) is 16.2 Å². The number of para-hydroxylation sites is 1. The number of carbonyl (C=O) groups is 1. The zero-order chi connectivity index (χ0) is 16.3. The Morgan fingerprint density at radius 1 is 1.05 bits per heavy atom. The van der Waals surface area contributed by atoms with Crippen molar-refractivity contribution >= 4 is 29.0 Å². The van der Waals surface area contributed by atoms with Crippen molar-refractivity contribution in [3.63, 3.8) is 0 Å². The first-order chi connectivity index (χ1) is 10.3. The van der Waals surface area contributed by atoms with Crippen LogP contribution in [0.1, 0.15) is 31.9 Å². The van der Waals surface area contributed by atoms with E-state index in [1.807, 2.05) is 24.3 Å². The van der Waals surface area contributed by atoms with Gasteiger partial charge in [-0.25, -0.2) is 4.79 Å². The molecule has 0 aliphatic rings. The van der Waals surface area contributed by atoms with Gasteiger partial charge in [0.05, 0.1) is 10.7 Å². The third-order valence-corrected chi connectivity index (χ3v) is 3.74. The summed E-state index contributed by atoms with van der Waals surface area (Å²) in [7, 11) is 0. The molecule has 2 N–H and O–H groups in total. The second-order valence-corrected chi connectivity index (χ2v) is 6.75. The summed E-state index contributed by atoms with van der Waals surface area (Å²) in [6.07, 6.45) is 0. The number of nitrogens with one attached hydrogen (secondary N) is 2. The lowest BCUT2D eigenvalue weighted by molar-refractivity contribution is 0.262. The van der Waals surface area contributed by atoms with Gasteiger partial charge in [-0.3, -0.25) is 0 Å². The van der Waals surface area contributed by atoms with Crippen molar-refractivity contribution in [2.75, 3.05) is 10.6 Å². The van der Waals surface area contributed by atoms with Crippen LogP contribution in [-0.2, 0) is 5.41 Å². The molecular weight excluding hydrogens is 296 g/mol. The minimum absolute atomic E-state index is 0.0858. The van der Waals surface area contributed by atoms with Crippen LogP contribution in [0.3, 0.4) is 0 Å². The molecule has 22 heavy (non-hydrogen) atoms. The van der Waals surface area contributed by atoms with E-state index in [0.29, 0.717) is 10.7 Å². The highest BCUT2D eigenvalue weighted by molar-refractivity contribution is 6.33. The minimum atomic E-state index is -0.309. The molecule has 0 heterocycles. The fraction of sp³-hybridized carbons (Fsp3) is 0.278. The average Bonchev–Trinajstić information content (AvgIpc) is 2.40. The molecule has 3 nitrogen and oxygen atoms in total. The lowest BCUT2D eigenvalue weighted by Crippen LogP contribution is -2.20. The lowest BCUT2D eigenvalue weighted by Gasteiger charge is -2.22. The summed E-state index contributed by atoms with van der Waals surface area (Å²) < 4.78 is 0. The molecule has 0 aliphatic carbocycles. The van der Waals surface area contributed by atoms with Gasteiger partial charge in [-0.05, 0) is 47.7 Å². The average molecular weight is 317 g/mol. The predicted molar refractivity (Wildman–Crippen MR) is 94.0 cm³/mol. The van der Waals surface area contributed by atoms with Gasteiger partial charge in [-0.2, -0.15) is 0 Å². The third-order valence-electron chi connectivity index (χ3n) is 3.41. The maximum atomic E-state index is 12.0. The third kappa shape index (κ3) is 4.01. The van der Waals surface area contributed by atoms with E-state index >= 15 is 0 Å². The smallest absolute Gasteiger partial charge is 0.308 e. The first-order valence-electron chi connectivity index (χ1n) is 7.21. The standard InChI is InChI=1S/C18H21ClN2O/c1-12-11-13(9-10-14(12)18(2,3)4)20-17(22)21-16-8-6-5-7-15(16)19/h5-11H,1-4H3,(H2,20,21,22). The zero-order valence-electron chi connectivity index (χ0n) is 13.3. The fourth-order valence-electron chi connectivity index (χ4n) is 2.43. The molecule has 0 saturated heterocycles. The predicted octanol–water partition coefficient (Wildman–Crippen LogP) is 5.59. The number of amides is 2. The maximum Gasteiger partial charge on any atom is 0.323 e. The molecule has 2 aromatic carbocycles. The van der Waals surface area contributed by atoms with Gasteiger partial charge < -0.3 is 10.6 Å². The summed E-state index contributed by atoms with van der Waals surface area (Å²) in [6, 6.07) is 12.8. The number of anilines is 2. The molecule has 4 heteroatoms. The molecule has 116 valence electrons. The van der Waals surface area contributed by atoms with Gasteiger partial charge in [0.15, 0.2) is 0 Å². The van der Waals surface area contributed by atoms with Gasteiger partial charge in [0.25, 0.3) is 0 Å². The van der Waals surface area contributed by atoms with Gasteiger partial charge in [0.1, 0.15) is 0 Å². The number of benzene rings is 2. The largest absolute Gasteiger partial charge is 0.323 e. The molecule has 0 bridgehead atoms. The fourth-order valence-corrected chi connectivity index (χ4v) is 2.61. The lowest BCUT2D eigenvalue weighted by atomic mass is 9.84. The normalized spacial score (nSPS) is 11.1. The molecule has 0 aliphatic heterocycles. The summed E-state index contributed by atoms with van der Waals surface area (Å²) in [6.45, 7) is 8.57. The Morgan fingerprint density at radius 3 is 2.32 bits per heavy atom. The van der Waals surface area contributed by atoms with E-state index in [2.05, 4.69) is 44.4 Å². The van der Waals surface area contributed by atoms with Gasteiger partial charge in [0, 0.05) is 5.69 Å². The van der Waals surface area contributed by atoms with Crippen molar-refractivity contribution in [2.45, 2.75) is 33.1 Å². The Morgan fingerprint density at radius 2 is 1.73 bits per heavy atom. The molecular formula is C18H21ClN2O. The first-order valence-corrected chi connectivity index (χ1v) is 7.59. The van der Waals surface area contributed by atoms with Crippen molar-refractivity contribution in [3.05, 3.63) is 58.6 Å². The van der Waals surface area contributed by atoms with E-state index in [4.69, 9.17) is 11.6 Å². The van der Waals surface area contributed by atoms with Gasteiger partial charge >= 0.3 is 6.03 Å². The second kappa shape index (κ2) is 6.41. The number of aryl methyl sites for hydroxylation is 1. The number of hydrogen-bond acceptors (Lipinski definition) is 1. The minimum Gasteiger partial charge on any atom is -0.308 e. The summed E-state index contributed by atoms with van der Waals surface area (Å²) in [5, 5.41) is 6.08. The van der Waals surface area contributed by atoms with E-state index in [9.17, 15) is 4.79 Å². The molecule has 0 saturated carbocycles. The highest BCUT2D eigenvalue weighted by atomic mass is 35.5. The highest BCUT2D eigenvalue weighted by Crippen LogP contribution is 2.27. The Kier molecular flexibility index (Phi) is 4.77. The molecule has 0 spiro atoms.